The number of sulfonamides is 1. The van der Waals surface area contributed by atoms with E-state index in [2.05, 4.69) is 15.2 Å². The third kappa shape index (κ3) is 4.27. The van der Waals surface area contributed by atoms with Crippen molar-refractivity contribution in [2.45, 2.75) is 11.8 Å². The summed E-state index contributed by atoms with van der Waals surface area (Å²) >= 11 is 1.48. The number of amides is 1. The fraction of sp³-hybridized carbons (Fsp3) is 0.0476. The molecule has 0 spiro atoms. The van der Waals surface area contributed by atoms with Gasteiger partial charge in [-0.2, -0.15) is 0 Å². The predicted octanol–water partition coefficient (Wildman–Crippen LogP) is 4.76. The Morgan fingerprint density at radius 1 is 1.03 bits per heavy atom. The molecule has 2 aromatic heterocycles. The molecule has 4 aromatic rings. The third-order valence-electron chi connectivity index (χ3n) is 4.30. The Balaban J connectivity index is 1.53. The van der Waals surface area contributed by atoms with Gasteiger partial charge in [-0.3, -0.25) is 9.52 Å². The monoisotopic (exact) mass is 439 g/mol. The van der Waals surface area contributed by atoms with E-state index in [0.717, 1.165) is 4.88 Å². The van der Waals surface area contributed by atoms with Crippen molar-refractivity contribution in [2.24, 2.45) is 0 Å². The molecule has 0 atom stereocenters. The SMILES string of the molecule is Cc1ccc(NC(=O)c2cc(-c3cccs3)on2)cc1NS(=O)(=O)c1ccccc1. The van der Waals surface area contributed by atoms with E-state index in [1.165, 1.54) is 23.5 Å². The molecule has 9 heteroatoms. The Labute approximate surface area is 177 Å². The van der Waals surface area contributed by atoms with E-state index in [-0.39, 0.29) is 10.6 Å². The number of rotatable bonds is 6. The van der Waals surface area contributed by atoms with Crippen LogP contribution < -0.4 is 10.0 Å². The first-order valence-corrected chi connectivity index (χ1v) is 11.3. The summed E-state index contributed by atoms with van der Waals surface area (Å²) in [7, 11) is -3.74. The van der Waals surface area contributed by atoms with Gasteiger partial charge in [0.25, 0.3) is 15.9 Å². The molecule has 2 heterocycles. The number of carbonyl (C=O) groups excluding carboxylic acids is 1. The molecule has 152 valence electrons. The van der Waals surface area contributed by atoms with Crippen molar-refractivity contribution >= 4 is 38.6 Å². The Kier molecular flexibility index (Phi) is 5.39. The first-order valence-electron chi connectivity index (χ1n) is 8.93. The summed E-state index contributed by atoms with van der Waals surface area (Å²) in [6, 6.07) is 18.4. The van der Waals surface area contributed by atoms with E-state index in [1.54, 1.807) is 49.4 Å². The molecule has 1 amide bonds. The highest BCUT2D eigenvalue weighted by atomic mass is 32.2. The average Bonchev–Trinajstić information content (AvgIpc) is 3.43. The lowest BCUT2D eigenvalue weighted by Gasteiger charge is -2.12. The van der Waals surface area contributed by atoms with Gasteiger partial charge in [-0.15, -0.1) is 11.3 Å². The molecule has 0 unspecified atom stereocenters. The summed E-state index contributed by atoms with van der Waals surface area (Å²) in [6.07, 6.45) is 0. The standard InChI is InChI=1S/C21H17N3O4S2/c1-14-9-10-15(12-17(14)24-30(26,27)16-6-3-2-4-7-16)22-21(25)18-13-19(28-23-18)20-8-5-11-29-20/h2-13,24H,1H3,(H,22,25). The van der Waals surface area contributed by atoms with Gasteiger partial charge in [-0.1, -0.05) is 35.5 Å². The minimum absolute atomic E-state index is 0.130. The molecule has 0 bridgehead atoms. The quantitative estimate of drug-likeness (QED) is 0.451. The number of nitrogens with zero attached hydrogens (tertiary/aromatic N) is 1. The van der Waals surface area contributed by atoms with Crippen LogP contribution in [0.4, 0.5) is 11.4 Å². The second-order valence-corrected chi connectivity index (χ2v) is 9.09. The number of hydrogen-bond donors (Lipinski definition) is 2. The molecule has 0 aliphatic heterocycles. The molecule has 0 aliphatic carbocycles. The van der Waals surface area contributed by atoms with Crippen molar-refractivity contribution in [3.8, 4) is 10.6 Å². The summed E-state index contributed by atoms with van der Waals surface area (Å²) in [5.74, 6) is 0.0534. The summed E-state index contributed by atoms with van der Waals surface area (Å²) in [6.45, 7) is 1.78. The molecule has 0 saturated carbocycles. The van der Waals surface area contributed by atoms with Gasteiger partial charge in [0.05, 0.1) is 15.5 Å². The first kappa shape index (κ1) is 19.9. The average molecular weight is 440 g/mol. The van der Waals surface area contributed by atoms with Crippen molar-refractivity contribution in [1.82, 2.24) is 5.16 Å². The first-order chi connectivity index (χ1) is 14.4. The van der Waals surface area contributed by atoms with Gasteiger partial charge < -0.3 is 9.84 Å². The molecular weight excluding hydrogens is 422 g/mol. The largest absolute Gasteiger partial charge is 0.355 e. The van der Waals surface area contributed by atoms with Crippen molar-refractivity contribution in [2.75, 3.05) is 10.0 Å². The Hall–Kier alpha value is -3.43. The summed E-state index contributed by atoms with van der Waals surface area (Å²) < 4.78 is 33.0. The highest BCUT2D eigenvalue weighted by Crippen LogP contribution is 2.26. The second-order valence-electron chi connectivity index (χ2n) is 6.46. The fourth-order valence-corrected chi connectivity index (χ4v) is 4.54. The van der Waals surface area contributed by atoms with Crippen LogP contribution in [0.1, 0.15) is 16.1 Å². The number of benzene rings is 2. The maximum atomic E-state index is 12.6. The summed E-state index contributed by atoms with van der Waals surface area (Å²) in [5, 5.41) is 8.44. The van der Waals surface area contributed by atoms with Crippen LogP contribution in [0.5, 0.6) is 0 Å². The van der Waals surface area contributed by atoms with Crippen LogP contribution in [0.15, 0.2) is 81.5 Å². The number of carbonyl (C=O) groups is 1. The minimum Gasteiger partial charge on any atom is -0.355 e. The van der Waals surface area contributed by atoms with Crippen LogP contribution in [-0.4, -0.2) is 19.5 Å². The zero-order valence-corrected chi connectivity index (χ0v) is 17.5. The molecule has 2 N–H and O–H groups in total. The van der Waals surface area contributed by atoms with Crippen LogP contribution >= 0.6 is 11.3 Å². The van der Waals surface area contributed by atoms with E-state index in [4.69, 9.17) is 4.52 Å². The molecule has 2 aromatic carbocycles. The number of aromatic nitrogens is 1. The van der Waals surface area contributed by atoms with Gasteiger partial charge in [-0.05, 0) is 48.2 Å². The van der Waals surface area contributed by atoms with E-state index >= 15 is 0 Å². The highest BCUT2D eigenvalue weighted by Gasteiger charge is 2.17. The van der Waals surface area contributed by atoms with Crippen LogP contribution in [0.25, 0.3) is 10.6 Å². The number of aryl methyl sites for hydroxylation is 1. The maximum Gasteiger partial charge on any atom is 0.277 e. The number of thiophene rings is 1. The number of anilines is 2. The lowest BCUT2D eigenvalue weighted by molar-refractivity contribution is 0.101. The normalized spacial score (nSPS) is 11.2. The molecular formula is C21H17N3O4S2. The van der Waals surface area contributed by atoms with E-state index < -0.39 is 15.9 Å². The Morgan fingerprint density at radius 3 is 2.57 bits per heavy atom. The summed E-state index contributed by atoms with van der Waals surface area (Å²) in [4.78, 5) is 13.6. The van der Waals surface area contributed by atoms with Gasteiger partial charge >= 0.3 is 0 Å². The molecule has 7 nitrogen and oxygen atoms in total. The zero-order valence-electron chi connectivity index (χ0n) is 15.8. The van der Waals surface area contributed by atoms with Gasteiger partial charge in [0.15, 0.2) is 11.5 Å². The maximum absolute atomic E-state index is 12.6. The molecule has 4 rings (SSSR count). The lowest BCUT2D eigenvalue weighted by Crippen LogP contribution is -2.15. The van der Waals surface area contributed by atoms with Crippen molar-refractivity contribution in [1.29, 1.82) is 0 Å². The van der Waals surface area contributed by atoms with Gasteiger partial charge in [0.2, 0.25) is 0 Å². The number of hydrogen-bond acceptors (Lipinski definition) is 6. The van der Waals surface area contributed by atoms with Crippen molar-refractivity contribution < 1.29 is 17.7 Å². The van der Waals surface area contributed by atoms with Crippen molar-refractivity contribution in [3.05, 3.63) is 83.4 Å². The van der Waals surface area contributed by atoms with Gasteiger partial charge in [-0.25, -0.2) is 8.42 Å². The minimum atomic E-state index is -3.74. The third-order valence-corrected chi connectivity index (χ3v) is 6.57. The molecule has 0 radical (unpaired) electrons. The van der Waals surface area contributed by atoms with E-state index in [1.807, 2.05) is 17.5 Å². The molecule has 30 heavy (non-hydrogen) atoms. The lowest BCUT2D eigenvalue weighted by atomic mass is 10.2. The predicted molar refractivity (Wildman–Crippen MR) is 116 cm³/mol. The fourth-order valence-electron chi connectivity index (χ4n) is 2.73. The smallest absolute Gasteiger partial charge is 0.277 e. The van der Waals surface area contributed by atoms with Crippen LogP contribution in [0.2, 0.25) is 0 Å². The van der Waals surface area contributed by atoms with Crippen molar-refractivity contribution in [3.63, 3.8) is 0 Å². The Bertz CT molecular complexity index is 1280. The number of nitrogens with one attached hydrogen (secondary N) is 2. The molecule has 0 fully saturated rings. The molecule has 0 aliphatic rings. The molecule has 0 saturated heterocycles. The Morgan fingerprint density at radius 2 is 1.83 bits per heavy atom. The topological polar surface area (TPSA) is 101 Å². The van der Waals surface area contributed by atoms with Crippen LogP contribution in [0, 0.1) is 6.92 Å². The zero-order chi connectivity index (χ0) is 21.1. The van der Waals surface area contributed by atoms with E-state index in [0.29, 0.717) is 22.7 Å². The highest BCUT2D eigenvalue weighted by molar-refractivity contribution is 7.92. The van der Waals surface area contributed by atoms with Gasteiger partial charge in [0.1, 0.15) is 0 Å². The van der Waals surface area contributed by atoms with Crippen LogP contribution in [0.3, 0.4) is 0 Å². The van der Waals surface area contributed by atoms with Crippen LogP contribution in [-0.2, 0) is 10.0 Å². The van der Waals surface area contributed by atoms with Gasteiger partial charge in [0, 0.05) is 11.8 Å². The van der Waals surface area contributed by atoms with E-state index in [9.17, 15) is 13.2 Å². The summed E-state index contributed by atoms with van der Waals surface area (Å²) in [5.41, 5.74) is 1.65. The second kappa shape index (κ2) is 8.13.